The zero-order valence-electron chi connectivity index (χ0n) is 9.70. The molecule has 1 aliphatic carbocycles. The summed E-state index contributed by atoms with van der Waals surface area (Å²) in [6.07, 6.45) is 7.01. The van der Waals surface area contributed by atoms with Crippen molar-refractivity contribution in [3.63, 3.8) is 0 Å². The number of hydrogen-bond donors (Lipinski definition) is 0. The summed E-state index contributed by atoms with van der Waals surface area (Å²) >= 11 is 0. The van der Waals surface area contributed by atoms with Gasteiger partial charge < -0.3 is 19.2 Å². The Morgan fingerprint density at radius 3 is 1.88 bits per heavy atom. The van der Waals surface area contributed by atoms with Crippen LogP contribution >= 0.6 is 0 Å². The molecule has 5 heteroatoms. The van der Waals surface area contributed by atoms with Crippen molar-refractivity contribution in [1.82, 2.24) is 0 Å². The van der Waals surface area contributed by atoms with Crippen LogP contribution in [0.2, 0.25) is 0 Å². The van der Waals surface area contributed by atoms with Gasteiger partial charge in [-0.2, -0.15) is 6.08 Å². The van der Waals surface area contributed by atoms with Crippen molar-refractivity contribution in [2.24, 2.45) is 0 Å². The quantitative estimate of drug-likeness (QED) is 0.433. The SMILES string of the molecule is C=CC(=O)C1=CC[C-]=C1C.C=O.C=O.C=O.[Mn]. The van der Waals surface area contributed by atoms with E-state index in [1.165, 1.54) is 6.08 Å². The maximum Gasteiger partial charge on any atom is 0.106 e. The van der Waals surface area contributed by atoms with Crippen LogP contribution in [0.1, 0.15) is 13.3 Å². The van der Waals surface area contributed by atoms with Gasteiger partial charge in [0.05, 0.1) is 0 Å². The molecule has 4 nitrogen and oxygen atoms in total. The normalized spacial score (nSPS) is 10.2. The summed E-state index contributed by atoms with van der Waals surface area (Å²) in [5, 5.41) is 0. The molecule has 0 amide bonds. The fourth-order valence-electron chi connectivity index (χ4n) is 0.950. The zero-order chi connectivity index (χ0) is 13.6. The Hall–Kier alpha value is -1.58. The van der Waals surface area contributed by atoms with Crippen LogP contribution in [0, 0.1) is 6.08 Å². The molecule has 0 aliphatic heterocycles. The van der Waals surface area contributed by atoms with Gasteiger partial charge in [-0.05, 0) is 6.08 Å². The Labute approximate surface area is 112 Å². The van der Waals surface area contributed by atoms with Crippen molar-refractivity contribution >= 4 is 26.2 Å². The predicted octanol–water partition coefficient (Wildman–Crippen LogP) is 1.26. The van der Waals surface area contributed by atoms with Crippen molar-refractivity contribution in [2.45, 2.75) is 13.3 Å². The van der Waals surface area contributed by atoms with E-state index in [4.69, 9.17) is 14.4 Å². The maximum absolute atomic E-state index is 11.0. The van der Waals surface area contributed by atoms with E-state index >= 15 is 0 Å². The third-order valence-electron chi connectivity index (χ3n) is 1.53. The molecule has 0 saturated carbocycles. The van der Waals surface area contributed by atoms with E-state index in [1.807, 2.05) is 33.4 Å². The average molecular weight is 278 g/mol. The summed E-state index contributed by atoms with van der Waals surface area (Å²) in [6.45, 7) is 11.3. The average Bonchev–Trinajstić information content (AvgIpc) is 2.82. The molecule has 0 atom stereocenters. The van der Waals surface area contributed by atoms with E-state index < -0.39 is 0 Å². The summed E-state index contributed by atoms with van der Waals surface area (Å²) in [7, 11) is 0. The second-order valence-electron chi connectivity index (χ2n) is 2.19. The van der Waals surface area contributed by atoms with Gasteiger partial charge in [-0.1, -0.05) is 13.5 Å². The van der Waals surface area contributed by atoms with E-state index in [9.17, 15) is 4.79 Å². The van der Waals surface area contributed by atoms with E-state index in [1.54, 1.807) is 0 Å². The number of carbonyl (C=O) groups is 4. The number of carbonyl (C=O) groups excluding carboxylic acids is 4. The van der Waals surface area contributed by atoms with Crippen LogP contribution in [0.5, 0.6) is 0 Å². The summed E-state index contributed by atoms with van der Waals surface area (Å²) in [5.74, 6) is 0.00231. The molecule has 0 N–H and O–H groups in total. The number of rotatable bonds is 2. The molecule has 17 heavy (non-hydrogen) atoms. The number of hydrogen-bond acceptors (Lipinski definition) is 4. The molecule has 0 aromatic heterocycles. The number of ketones is 1. The molecule has 0 aromatic rings. The van der Waals surface area contributed by atoms with Crippen LogP contribution in [0.3, 0.4) is 0 Å². The van der Waals surface area contributed by atoms with Crippen molar-refractivity contribution < 1.29 is 36.2 Å². The zero-order valence-corrected chi connectivity index (χ0v) is 10.9. The minimum absolute atomic E-state index is 0. The topological polar surface area (TPSA) is 68.3 Å². The van der Waals surface area contributed by atoms with E-state index in [0.29, 0.717) is 0 Å². The molecular weight excluding hydrogens is 263 g/mol. The molecule has 0 saturated heterocycles. The molecule has 1 rings (SSSR count). The van der Waals surface area contributed by atoms with Gasteiger partial charge in [0.15, 0.2) is 0 Å². The van der Waals surface area contributed by atoms with Gasteiger partial charge in [-0.3, -0.25) is 6.08 Å². The maximum atomic E-state index is 11.0. The Balaban J connectivity index is -0.000000106. The summed E-state index contributed by atoms with van der Waals surface area (Å²) in [6, 6.07) is 0. The molecule has 0 unspecified atom stereocenters. The first-order valence-corrected chi connectivity index (χ1v) is 4.07. The molecule has 1 aliphatic rings. The van der Waals surface area contributed by atoms with Crippen LogP contribution in [-0.2, 0) is 36.2 Å². The summed E-state index contributed by atoms with van der Waals surface area (Å²) < 4.78 is 0. The molecule has 0 fully saturated rings. The standard InChI is InChI=1S/C9H9O.3CH2O.Mn/c1-3-9(10)8-6-4-5-7(8)2;3*1-2;/h3,6H,1,4H2,2H3;3*1H2;/q-1;;;;. The predicted molar refractivity (Wildman–Crippen MR) is 61.7 cm³/mol. The van der Waals surface area contributed by atoms with E-state index in [2.05, 4.69) is 12.7 Å². The third-order valence-corrected chi connectivity index (χ3v) is 1.53. The molecule has 1 radical (unpaired) electrons. The van der Waals surface area contributed by atoms with Crippen LogP contribution < -0.4 is 0 Å². The molecule has 0 spiro atoms. The van der Waals surface area contributed by atoms with Gasteiger partial charge in [0.25, 0.3) is 0 Å². The molecule has 95 valence electrons. The largest absolute Gasteiger partial charge is 0.311 e. The fourth-order valence-corrected chi connectivity index (χ4v) is 0.950. The Kier molecular flexibility index (Phi) is 28.8. The first kappa shape index (κ1) is 24.6. The minimum Gasteiger partial charge on any atom is -0.311 e. The van der Waals surface area contributed by atoms with Crippen molar-refractivity contribution in [3.05, 3.63) is 36.0 Å². The van der Waals surface area contributed by atoms with Crippen molar-refractivity contribution in [2.75, 3.05) is 0 Å². The van der Waals surface area contributed by atoms with Crippen LogP contribution in [0.15, 0.2) is 29.9 Å². The Morgan fingerprint density at radius 1 is 1.24 bits per heavy atom. The minimum atomic E-state index is 0. The van der Waals surface area contributed by atoms with E-state index in [0.717, 1.165) is 17.6 Å². The van der Waals surface area contributed by atoms with E-state index in [-0.39, 0.29) is 22.9 Å². The van der Waals surface area contributed by atoms with Crippen LogP contribution in [-0.4, -0.2) is 26.2 Å². The van der Waals surface area contributed by atoms with Gasteiger partial charge >= 0.3 is 0 Å². The Bertz CT molecular complexity index is 277. The van der Waals surface area contributed by atoms with Crippen LogP contribution in [0.25, 0.3) is 0 Å². The number of allylic oxidation sites excluding steroid dienone is 5. The smallest absolute Gasteiger partial charge is 0.106 e. The van der Waals surface area contributed by atoms with Gasteiger partial charge in [0.1, 0.15) is 26.2 Å². The van der Waals surface area contributed by atoms with Gasteiger partial charge in [-0.25, -0.2) is 5.57 Å². The first-order chi connectivity index (χ1) is 7.75. The fraction of sp³-hybridized carbons (Fsp3) is 0.167. The van der Waals surface area contributed by atoms with Gasteiger partial charge in [-0.15, -0.1) is 12.0 Å². The monoisotopic (exact) mass is 278 g/mol. The molecule has 0 bridgehead atoms. The van der Waals surface area contributed by atoms with Gasteiger partial charge in [0, 0.05) is 17.1 Å². The summed E-state index contributed by atoms with van der Waals surface area (Å²) in [4.78, 5) is 35.0. The molecular formula is C12H15MnO4-. The third kappa shape index (κ3) is 10.7. The Morgan fingerprint density at radius 2 is 1.65 bits per heavy atom. The van der Waals surface area contributed by atoms with Crippen molar-refractivity contribution in [3.8, 4) is 0 Å². The molecule has 0 aromatic carbocycles. The summed E-state index contributed by atoms with van der Waals surface area (Å²) in [5.41, 5.74) is 1.71. The molecule has 0 heterocycles. The van der Waals surface area contributed by atoms with Gasteiger partial charge in [0.2, 0.25) is 0 Å². The second kappa shape index (κ2) is 19.9. The van der Waals surface area contributed by atoms with Crippen LogP contribution in [0.4, 0.5) is 0 Å². The second-order valence-corrected chi connectivity index (χ2v) is 2.19. The first-order valence-electron chi connectivity index (χ1n) is 4.07. The van der Waals surface area contributed by atoms with Crippen molar-refractivity contribution in [1.29, 1.82) is 0 Å².